The van der Waals surface area contributed by atoms with E-state index in [0.717, 1.165) is 18.8 Å². The molecule has 0 spiro atoms. The van der Waals surface area contributed by atoms with Crippen LogP contribution in [0.1, 0.15) is 41.0 Å². The van der Waals surface area contributed by atoms with E-state index in [0.29, 0.717) is 0 Å². The van der Waals surface area contributed by atoms with Gasteiger partial charge in [-0.15, -0.1) is 0 Å². The molecule has 0 amide bonds. The summed E-state index contributed by atoms with van der Waals surface area (Å²) in [5.41, 5.74) is 0.143. The molecule has 0 aliphatic heterocycles. The van der Waals surface area contributed by atoms with Gasteiger partial charge in [0.1, 0.15) is 0 Å². The maximum Gasteiger partial charge on any atom is 2.00 e. The largest absolute Gasteiger partial charge is 2.00 e. The molecule has 0 heterocycles. The van der Waals surface area contributed by atoms with Crippen LogP contribution in [0.15, 0.2) is 4.99 Å². The van der Waals surface area contributed by atoms with E-state index in [1.54, 1.807) is 0 Å². The van der Waals surface area contributed by atoms with Gasteiger partial charge in [-0.3, -0.25) is 4.99 Å². The Balaban J connectivity index is 0. The Labute approximate surface area is 86.4 Å². The first-order valence-corrected chi connectivity index (χ1v) is 4.31. The van der Waals surface area contributed by atoms with Crippen molar-refractivity contribution in [2.24, 2.45) is 4.99 Å². The monoisotopic (exact) mass is 215 g/mol. The third kappa shape index (κ3) is 8.08. The number of amidine groups is 1. The van der Waals surface area contributed by atoms with Gasteiger partial charge >= 0.3 is 16.8 Å². The fourth-order valence-corrected chi connectivity index (χ4v) is 0.863. The van der Waals surface area contributed by atoms with E-state index in [2.05, 4.69) is 44.9 Å². The number of hydrogen-bond acceptors (Lipinski definition) is 1. The number of rotatable bonds is 2. The molecule has 0 fully saturated rings. The van der Waals surface area contributed by atoms with Crippen LogP contribution in [-0.4, -0.2) is 17.9 Å². The van der Waals surface area contributed by atoms with E-state index in [1.807, 2.05) is 0 Å². The molecule has 0 aromatic carbocycles. The molecule has 1 radical (unpaired) electrons. The van der Waals surface area contributed by atoms with Crippen molar-refractivity contribution in [3.05, 3.63) is 0 Å². The van der Waals surface area contributed by atoms with Gasteiger partial charge in [0.2, 0.25) is 0 Å². The maximum absolute atomic E-state index is 4.33. The zero-order valence-corrected chi connectivity index (χ0v) is 9.74. The normalized spacial score (nSPS) is 12.2. The Bertz CT molecular complexity index is 136. The second kappa shape index (κ2) is 6.49. The fourth-order valence-electron chi connectivity index (χ4n) is 0.863. The number of hydrogen-bond donors (Lipinski definition) is 1. The molecule has 2 nitrogen and oxygen atoms in total. The van der Waals surface area contributed by atoms with Crippen molar-refractivity contribution in [1.82, 2.24) is 5.32 Å². The summed E-state index contributed by atoms with van der Waals surface area (Å²) < 4.78 is 0. The molecule has 0 unspecified atom stereocenters. The van der Waals surface area contributed by atoms with Crippen molar-refractivity contribution in [3.63, 3.8) is 0 Å². The standard InChI is InChI=1S/C9H20N2.Co/c1-6-8(10-7-2)11-9(3,4)5;/h6-7H2,1-5H3,(H,10,11);/q;+2. The smallest absolute Gasteiger partial charge is 0.369 e. The molecule has 0 saturated heterocycles. The van der Waals surface area contributed by atoms with Gasteiger partial charge in [0.15, 0.2) is 0 Å². The molecule has 0 aliphatic rings. The summed E-state index contributed by atoms with van der Waals surface area (Å²) in [5, 5.41) is 3.36. The summed E-state index contributed by atoms with van der Waals surface area (Å²) in [6.07, 6.45) is 0.991. The quantitative estimate of drug-likeness (QED) is 0.554. The minimum atomic E-state index is 0. The molecular weight excluding hydrogens is 195 g/mol. The van der Waals surface area contributed by atoms with Crippen LogP contribution in [0.3, 0.4) is 0 Å². The topological polar surface area (TPSA) is 24.4 Å². The number of nitrogens with zero attached hydrogens (tertiary/aromatic N) is 1. The average molecular weight is 215 g/mol. The second-order valence-electron chi connectivity index (χ2n) is 3.65. The zero-order valence-electron chi connectivity index (χ0n) is 8.69. The van der Waals surface area contributed by atoms with Gasteiger partial charge in [0, 0.05) is 18.5 Å². The molecule has 0 saturated carbocycles. The van der Waals surface area contributed by atoms with Crippen LogP contribution in [0.4, 0.5) is 0 Å². The molecule has 0 atom stereocenters. The van der Waals surface area contributed by atoms with Crippen molar-refractivity contribution in [3.8, 4) is 0 Å². The van der Waals surface area contributed by atoms with Crippen LogP contribution in [0.2, 0.25) is 0 Å². The van der Waals surface area contributed by atoms with Gasteiger partial charge in [0.05, 0.1) is 5.84 Å². The van der Waals surface area contributed by atoms with E-state index in [4.69, 9.17) is 0 Å². The van der Waals surface area contributed by atoms with Gasteiger partial charge < -0.3 is 5.32 Å². The Hall–Kier alpha value is -0.0235. The van der Waals surface area contributed by atoms with Crippen molar-refractivity contribution < 1.29 is 16.8 Å². The molecule has 73 valence electrons. The van der Waals surface area contributed by atoms with Crippen LogP contribution >= 0.6 is 0 Å². The average Bonchev–Trinajstić information content (AvgIpc) is 1.84. The van der Waals surface area contributed by atoms with Gasteiger partial charge in [-0.25, -0.2) is 0 Å². The minimum absolute atomic E-state index is 0. The summed E-state index contributed by atoms with van der Waals surface area (Å²) in [6, 6.07) is 0. The summed E-state index contributed by atoms with van der Waals surface area (Å²) in [6.45, 7) is 11.5. The summed E-state index contributed by atoms with van der Waals surface area (Å²) in [5.74, 6) is 1.11. The van der Waals surface area contributed by atoms with E-state index in [1.165, 1.54) is 0 Å². The van der Waals surface area contributed by atoms with Gasteiger partial charge in [0.25, 0.3) is 0 Å². The summed E-state index contributed by atoms with van der Waals surface area (Å²) in [7, 11) is 0. The Morgan fingerprint density at radius 2 is 1.75 bits per heavy atom. The Kier molecular flexibility index (Phi) is 7.84. The van der Waals surface area contributed by atoms with Crippen molar-refractivity contribution >= 4 is 5.84 Å². The number of aliphatic imine (C=N–C) groups is 1. The molecule has 0 bridgehead atoms. The molecule has 0 aromatic rings. The van der Waals surface area contributed by atoms with Crippen LogP contribution in [0, 0.1) is 0 Å². The van der Waals surface area contributed by atoms with Crippen LogP contribution in [0.5, 0.6) is 0 Å². The van der Waals surface area contributed by atoms with Crippen LogP contribution in [-0.2, 0) is 16.8 Å². The third-order valence-electron chi connectivity index (χ3n) is 1.20. The SMILES string of the molecule is CCN=C(CC)NC(C)(C)C.[Co+2]. The van der Waals surface area contributed by atoms with Gasteiger partial charge in [-0.1, -0.05) is 6.92 Å². The van der Waals surface area contributed by atoms with Crippen LogP contribution < -0.4 is 5.32 Å². The van der Waals surface area contributed by atoms with Crippen molar-refractivity contribution in [2.45, 2.75) is 46.6 Å². The molecule has 0 aliphatic carbocycles. The summed E-state index contributed by atoms with van der Waals surface area (Å²) in [4.78, 5) is 4.33. The predicted octanol–water partition coefficient (Wildman–Crippen LogP) is 2.20. The van der Waals surface area contributed by atoms with E-state index in [-0.39, 0.29) is 22.3 Å². The Morgan fingerprint density at radius 1 is 1.25 bits per heavy atom. The van der Waals surface area contributed by atoms with Gasteiger partial charge in [-0.05, 0) is 27.7 Å². The van der Waals surface area contributed by atoms with Gasteiger partial charge in [-0.2, -0.15) is 0 Å². The molecule has 3 heteroatoms. The first kappa shape index (κ1) is 14.5. The van der Waals surface area contributed by atoms with Crippen molar-refractivity contribution in [2.75, 3.05) is 6.54 Å². The number of nitrogens with one attached hydrogen (secondary N) is 1. The van der Waals surface area contributed by atoms with Crippen molar-refractivity contribution in [1.29, 1.82) is 0 Å². The maximum atomic E-state index is 4.33. The first-order chi connectivity index (χ1) is 4.99. The fraction of sp³-hybridized carbons (Fsp3) is 0.889. The second-order valence-corrected chi connectivity index (χ2v) is 3.65. The van der Waals surface area contributed by atoms with E-state index < -0.39 is 0 Å². The molecule has 0 aromatic heterocycles. The Morgan fingerprint density at radius 3 is 2.00 bits per heavy atom. The first-order valence-electron chi connectivity index (χ1n) is 4.31. The molecule has 12 heavy (non-hydrogen) atoms. The summed E-state index contributed by atoms with van der Waals surface area (Å²) >= 11 is 0. The molecular formula is C9H20CoN2+2. The van der Waals surface area contributed by atoms with E-state index >= 15 is 0 Å². The third-order valence-corrected chi connectivity index (χ3v) is 1.20. The van der Waals surface area contributed by atoms with E-state index in [9.17, 15) is 0 Å². The molecule has 1 N–H and O–H groups in total. The zero-order chi connectivity index (χ0) is 8.91. The van der Waals surface area contributed by atoms with Crippen LogP contribution in [0.25, 0.3) is 0 Å². The minimum Gasteiger partial charge on any atom is -0.369 e. The predicted molar refractivity (Wildman–Crippen MR) is 51.2 cm³/mol. The molecule has 0 rings (SSSR count).